The maximum absolute atomic E-state index is 12.7. The third-order valence-corrected chi connectivity index (χ3v) is 7.98. The van der Waals surface area contributed by atoms with Gasteiger partial charge in [0.25, 0.3) is 5.91 Å². The average Bonchev–Trinajstić information content (AvgIpc) is 2.84. The Hall–Kier alpha value is -2.91. The fourth-order valence-corrected chi connectivity index (χ4v) is 5.25. The lowest BCUT2D eigenvalue weighted by molar-refractivity contribution is -0.132. The number of nitrogens with zero attached hydrogens (tertiary/aromatic N) is 1. The van der Waals surface area contributed by atoms with E-state index in [2.05, 4.69) is 10.9 Å². The molecule has 1 aliphatic heterocycles. The molecule has 1 atom stereocenters. The highest BCUT2D eigenvalue weighted by atomic mass is 32.2. The zero-order valence-corrected chi connectivity index (χ0v) is 20.8. The molecule has 1 saturated heterocycles. The average molecular weight is 488 g/mol. The van der Waals surface area contributed by atoms with Crippen molar-refractivity contribution in [2.75, 3.05) is 13.1 Å². The first-order chi connectivity index (χ1) is 16.2. The normalized spacial score (nSPS) is 15.4. The number of rotatable bonds is 8. The van der Waals surface area contributed by atoms with Crippen molar-refractivity contribution in [3.05, 3.63) is 59.2 Å². The summed E-state index contributed by atoms with van der Waals surface area (Å²) in [6.45, 7) is 6.62. The SMILES string of the molecule is Cc1cccc(OC(C)C(=O)NNC(=O)CCc2ccc(S(=O)(=O)N3CCCCC3)cc2)c1C. The predicted octanol–water partition coefficient (Wildman–Crippen LogP) is 3.03. The Bertz CT molecular complexity index is 1110. The molecule has 184 valence electrons. The topological polar surface area (TPSA) is 105 Å². The molecule has 0 aromatic heterocycles. The standard InChI is InChI=1S/C25H33N3O5S/c1-18-8-7-9-23(19(18)2)33-20(3)25(30)27-26-24(29)15-12-21-10-13-22(14-11-21)34(31,32)28-16-5-4-6-17-28/h7-11,13-14,20H,4-6,12,15-17H2,1-3H3,(H,26,29)(H,27,30). The lowest BCUT2D eigenvalue weighted by atomic mass is 10.1. The summed E-state index contributed by atoms with van der Waals surface area (Å²) in [7, 11) is -3.47. The van der Waals surface area contributed by atoms with Gasteiger partial charge in [-0.05, 0) is 74.9 Å². The van der Waals surface area contributed by atoms with Gasteiger partial charge >= 0.3 is 0 Å². The van der Waals surface area contributed by atoms with Crippen LogP contribution in [-0.4, -0.2) is 43.7 Å². The summed E-state index contributed by atoms with van der Waals surface area (Å²) in [5.74, 6) is -0.182. The minimum Gasteiger partial charge on any atom is -0.481 e. The Morgan fingerprint density at radius 1 is 1.00 bits per heavy atom. The quantitative estimate of drug-likeness (QED) is 0.557. The minimum atomic E-state index is -3.47. The van der Waals surface area contributed by atoms with Crippen LogP contribution >= 0.6 is 0 Å². The zero-order valence-electron chi connectivity index (χ0n) is 20.0. The summed E-state index contributed by atoms with van der Waals surface area (Å²) < 4.78 is 32.7. The van der Waals surface area contributed by atoms with Crippen molar-refractivity contribution in [1.82, 2.24) is 15.2 Å². The number of benzene rings is 2. The highest BCUT2D eigenvalue weighted by molar-refractivity contribution is 7.89. The molecule has 0 saturated carbocycles. The van der Waals surface area contributed by atoms with Crippen molar-refractivity contribution in [3.8, 4) is 5.75 Å². The highest BCUT2D eigenvalue weighted by Gasteiger charge is 2.25. The third-order valence-electron chi connectivity index (χ3n) is 6.07. The van der Waals surface area contributed by atoms with Crippen LogP contribution in [0.2, 0.25) is 0 Å². The van der Waals surface area contributed by atoms with Gasteiger partial charge in [-0.15, -0.1) is 0 Å². The van der Waals surface area contributed by atoms with E-state index in [1.165, 1.54) is 4.31 Å². The van der Waals surface area contributed by atoms with Gasteiger partial charge in [-0.3, -0.25) is 20.4 Å². The number of nitrogens with one attached hydrogen (secondary N) is 2. The lowest BCUT2D eigenvalue weighted by Crippen LogP contribution is -2.47. The molecule has 0 radical (unpaired) electrons. The zero-order chi connectivity index (χ0) is 24.7. The highest BCUT2D eigenvalue weighted by Crippen LogP contribution is 2.22. The van der Waals surface area contributed by atoms with E-state index in [-0.39, 0.29) is 17.2 Å². The van der Waals surface area contributed by atoms with E-state index in [4.69, 9.17) is 4.74 Å². The molecule has 2 aromatic carbocycles. The molecule has 34 heavy (non-hydrogen) atoms. The molecule has 1 heterocycles. The molecule has 1 fully saturated rings. The number of aryl methyl sites for hydroxylation is 2. The van der Waals surface area contributed by atoms with E-state index in [0.29, 0.717) is 25.3 Å². The first-order valence-electron chi connectivity index (χ1n) is 11.6. The molecule has 1 unspecified atom stereocenters. The van der Waals surface area contributed by atoms with Crippen LogP contribution in [0, 0.1) is 13.8 Å². The summed E-state index contributed by atoms with van der Waals surface area (Å²) in [6, 6.07) is 12.3. The van der Waals surface area contributed by atoms with Crippen molar-refractivity contribution in [2.24, 2.45) is 0 Å². The second-order valence-corrected chi connectivity index (χ2v) is 10.5. The Morgan fingerprint density at radius 3 is 2.35 bits per heavy atom. The molecule has 0 aliphatic carbocycles. The van der Waals surface area contributed by atoms with Gasteiger partial charge in [0.15, 0.2) is 6.10 Å². The van der Waals surface area contributed by atoms with Crippen molar-refractivity contribution < 1.29 is 22.7 Å². The monoisotopic (exact) mass is 487 g/mol. The van der Waals surface area contributed by atoms with Crippen LogP contribution in [-0.2, 0) is 26.0 Å². The summed E-state index contributed by atoms with van der Waals surface area (Å²) >= 11 is 0. The van der Waals surface area contributed by atoms with Crippen molar-refractivity contribution >= 4 is 21.8 Å². The molecule has 2 aromatic rings. The van der Waals surface area contributed by atoms with E-state index < -0.39 is 22.0 Å². The van der Waals surface area contributed by atoms with Gasteiger partial charge in [-0.1, -0.05) is 30.7 Å². The number of piperidine rings is 1. The van der Waals surface area contributed by atoms with Crippen molar-refractivity contribution in [2.45, 2.75) is 63.9 Å². The van der Waals surface area contributed by atoms with E-state index in [1.54, 1.807) is 37.3 Å². The molecule has 0 bridgehead atoms. The molecule has 9 heteroatoms. The molecular formula is C25H33N3O5S. The number of hydrogen-bond acceptors (Lipinski definition) is 5. The van der Waals surface area contributed by atoms with Crippen LogP contribution in [0.1, 0.15) is 49.3 Å². The number of carbonyl (C=O) groups excluding carboxylic acids is 2. The Labute approximate surface area is 201 Å². The molecule has 2 amide bonds. The maximum atomic E-state index is 12.7. The number of ether oxygens (including phenoxy) is 1. The van der Waals surface area contributed by atoms with Gasteiger partial charge in [0, 0.05) is 19.5 Å². The predicted molar refractivity (Wildman–Crippen MR) is 130 cm³/mol. The number of hydrogen-bond donors (Lipinski definition) is 2. The van der Waals surface area contributed by atoms with Gasteiger partial charge < -0.3 is 4.74 Å². The maximum Gasteiger partial charge on any atom is 0.279 e. The van der Waals surface area contributed by atoms with Crippen LogP contribution < -0.4 is 15.6 Å². The summed E-state index contributed by atoms with van der Waals surface area (Å²) in [4.78, 5) is 24.7. The summed E-state index contributed by atoms with van der Waals surface area (Å²) in [5, 5.41) is 0. The second kappa shape index (κ2) is 11.5. The fourth-order valence-electron chi connectivity index (χ4n) is 3.73. The van der Waals surface area contributed by atoms with E-state index >= 15 is 0 Å². The van der Waals surface area contributed by atoms with E-state index in [1.807, 2.05) is 26.0 Å². The number of amides is 2. The van der Waals surface area contributed by atoms with Crippen molar-refractivity contribution in [3.63, 3.8) is 0 Å². The second-order valence-electron chi connectivity index (χ2n) is 8.60. The van der Waals surface area contributed by atoms with Gasteiger partial charge in [-0.25, -0.2) is 8.42 Å². The summed E-state index contributed by atoms with van der Waals surface area (Å²) in [5.41, 5.74) is 7.66. The van der Waals surface area contributed by atoms with Crippen LogP contribution in [0.4, 0.5) is 0 Å². The van der Waals surface area contributed by atoms with Gasteiger partial charge in [0.05, 0.1) is 4.90 Å². The first-order valence-corrected chi connectivity index (χ1v) is 13.0. The number of hydrazine groups is 1. The van der Waals surface area contributed by atoms with Crippen LogP contribution in [0.5, 0.6) is 5.75 Å². The Balaban J connectivity index is 1.44. The fraction of sp³-hybridized carbons (Fsp3) is 0.440. The molecular weight excluding hydrogens is 454 g/mol. The van der Waals surface area contributed by atoms with Crippen LogP contribution in [0.25, 0.3) is 0 Å². The number of carbonyl (C=O) groups is 2. The molecule has 8 nitrogen and oxygen atoms in total. The molecule has 0 spiro atoms. The Morgan fingerprint density at radius 2 is 1.68 bits per heavy atom. The minimum absolute atomic E-state index is 0.144. The van der Waals surface area contributed by atoms with E-state index in [0.717, 1.165) is 36.0 Å². The Kier molecular flexibility index (Phi) is 8.68. The summed E-state index contributed by atoms with van der Waals surface area (Å²) in [6.07, 6.45) is 2.62. The lowest BCUT2D eigenvalue weighted by Gasteiger charge is -2.25. The molecule has 1 aliphatic rings. The third kappa shape index (κ3) is 6.57. The molecule has 2 N–H and O–H groups in total. The van der Waals surface area contributed by atoms with Gasteiger partial charge in [0.2, 0.25) is 15.9 Å². The smallest absolute Gasteiger partial charge is 0.279 e. The van der Waals surface area contributed by atoms with Crippen molar-refractivity contribution in [1.29, 1.82) is 0 Å². The van der Waals surface area contributed by atoms with E-state index in [9.17, 15) is 18.0 Å². The van der Waals surface area contributed by atoms with Crippen LogP contribution in [0.15, 0.2) is 47.4 Å². The van der Waals surface area contributed by atoms with Gasteiger partial charge in [-0.2, -0.15) is 4.31 Å². The van der Waals surface area contributed by atoms with Crippen LogP contribution in [0.3, 0.4) is 0 Å². The first kappa shape index (κ1) is 25.7. The number of sulfonamides is 1. The largest absolute Gasteiger partial charge is 0.481 e. The van der Waals surface area contributed by atoms with Gasteiger partial charge in [0.1, 0.15) is 5.75 Å². The molecule has 3 rings (SSSR count).